The molecule has 6 rings (SSSR count). The van der Waals surface area contributed by atoms with Crippen LogP contribution in [0.5, 0.6) is 0 Å². The summed E-state index contributed by atoms with van der Waals surface area (Å²) in [6.45, 7) is 2.21. The highest BCUT2D eigenvalue weighted by Gasteiger charge is 2.57. The number of anilines is 3. The largest absolute Gasteiger partial charge is 0.378 e. The first kappa shape index (κ1) is 21.9. The number of hydrogen-bond donors (Lipinski definition) is 1. The second-order valence-corrected chi connectivity index (χ2v) is 9.58. The van der Waals surface area contributed by atoms with Gasteiger partial charge < -0.3 is 24.8 Å². The molecule has 11 nitrogen and oxygen atoms in total. The minimum atomic E-state index is -0.268. The molecule has 1 amide bonds. The van der Waals surface area contributed by atoms with Crippen LogP contribution in [0.3, 0.4) is 0 Å². The third-order valence-electron chi connectivity index (χ3n) is 7.38. The van der Waals surface area contributed by atoms with Crippen LogP contribution in [0.15, 0.2) is 34.9 Å². The van der Waals surface area contributed by atoms with Crippen molar-refractivity contribution < 1.29 is 14.1 Å². The molecule has 2 aliphatic carbocycles. The first-order valence-corrected chi connectivity index (χ1v) is 12.1. The van der Waals surface area contributed by atoms with Crippen molar-refractivity contribution in [1.29, 1.82) is 0 Å². The molecule has 0 spiro atoms. The highest BCUT2D eigenvalue weighted by atomic mass is 16.5. The van der Waals surface area contributed by atoms with Crippen LogP contribution in [0.2, 0.25) is 0 Å². The fraction of sp³-hybridized carbons (Fsp3) is 0.500. The van der Waals surface area contributed by atoms with Crippen LogP contribution < -0.4 is 10.6 Å². The molecule has 2 aromatic heterocycles. The zero-order valence-corrected chi connectivity index (χ0v) is 19.6. The summed E-state index contributed by atoms with van der Waals surface area (Å²) in [5, 5.41) is 3.93. The maximum atomic E-state index is 13.0. The van der Waals surface area contributed by atoms with Crippen LogP contribution in [-0.4, -0.2) is 68.7 Å². The first-order chi connectivity index (χ1) is 17.1. The van der Waals surface area contributed by atoms with E-state index in [-0.39, 0.29) is 29.4 Å². The van der Waals surface area contributed by atoms with Gasteiger partial charge in [0.1, 0.15) is 0 Å². The molecule has 3 fully saturated rings. The number of nitrogen functional groups attached to an aromatic ring is 1. The van der Waals surface area contributed by atoms with E-state index in [1.54, 1.807) is 9.80 Å². The monoisotopic (exact) mass is 476 g/mol. The summed E-state index contributed by atoms with van der Waals surface area (Å²) in [7, 11) is 1.82. The summed E-state index contributed by atoms with van der Waals surface area (Å²) in [5.41, 5.74) is 6.80. The SMILES string of the molecule is CN(c1ccccc1)c1nc(N)nc(-c2noc(C(=O)N3C[C@@H]4C(COC5CCCC5)[C@@H]4C3)n2)n1. The first-order valence-electron chi connectivity index (χ1n) is 12.1. The number of nitrogens with zero attached hydrogens (tertiary/aromatic N) is 7. The van der Waals surface area contributed by atoms with E-state index in [1.807, 2.05) is 37.4 Å². The Morgan fingerprint density at radius 2 is 1.83 bits per heavy atom. The molecule has 1 saturated heterocycles. The number of para-hydroxylation sites is 1. The van der Waals surface area contributed by atoms with Gasteiger partial charge in [-0.25, -0.2) is 0 Å². The summed E-state index contributed by atoms with van der Waals surface area (Å²) in [6, 6.07) is 9.62. The fourth-order valence-electron chi connectivity index (χ4n) is 5.30. The van der Waals surface area contributed by atoms with Gasteiger partial charge in [0.2, 0.25) is 23.5 Å². The van der Waals surface area contributed by atoms with Crippen molar-refractivity contribution in [2.75, 3.05) is 37.4 Å². The van der Waals surface area contributed by atoms with Crippen LogP contribution >= 0.6 is 0 Å². The molecule has 3 aliphatic rings. The number of rotatable bonds is 7. The van der Waals surface area contributed by atoms with Crippen molar-refractivity contribution in [2.45, 2.75) is 31.8 Å². The second-order valence-electron chi connectivity index (χ2n) is 9.58. The highest BCUT2D eigenvalue weighted by Crippen LogP contribution is 2.52. The number of nitrogens with two attached hydrogens (primary N) is 1. The maximum Gasteiger partial charge on any atom is 0.316 e. The number of ether oxygens (including phenoxy) is 1. The van der Waals surface area contributed by atoms with Crippen LogP contribution in [-0.2, 0) is 4.74 Å². The average Bonchev–Trinajstić information content (AvgIpc) is 3.43. The summed E-state index contributed by atoms with van der Waals surface area (Å²) < 4.78 is 11.4. The molecule has 182 valence electrons. The van der Waals surface area contributed by atoms with Crippen molar-refractivity contribution in [3.05, 3.63) is 36.2 Å². The van der Waals surface area contributed by atoms with Gasteiger partial charge in [-0.05, 0) is 42.7 Å². The van der Waals surface area contributed by atoms with Gasteiger partial charge in [-0.2, -0.15) is 19.9 Å². The normalized spacial score (nSPS) is 23.5. The highest BCUT2D eigenvalue weighted by molar-refractivity contribution is 5.90. The van der Waals surface area contributed by atoms with E-state index >= 15 is 0 Å². The lowest BCUT2D eigenvalue weighted by molar-refractivity contribution is 0.0407. The molecule has 3 aromatic rings. The van der Waals surface area contributed by atoms with Gasteiger partial charge in [-0.1, -0.05) is 36.2 Å². The lowest BCUT2D eigenvalue weighted by atomic mass is 10.2. The van der Waals surface area contributed by atoms with E-state index in [0.29, 0.717) is 42.9 Å². The van der Waals surface area contributed by atoms with Gasteiger partial charge in [0, 0.05) is 25.8 Å². The lowest BCUT2D eigenvalue weighted by Gasteiger charge is -2.18. The number of carbonyl (C=O) groups excluding carboxylic acids is 1. The van der Waals surface area contributed by atoms with E-state index in [9.17, 15) is 4.79 Å². The Labute approximate surface area is 202 Å². The summed E-state index contributed by atoms with van der Waals surface area (Å²) in [4.78, 5) is 33.6. The smallest absolute Gasteiger partial charge is 0.316 e. The number of carbonyl (C=O) groups is 1. The van der Waals surface area contributed by atoms with Crippen molar-refractivity contribution >= 4 is 23.5 Å². The number of aromatic nitrogens is 5. The molecule has 0 radical (unpaired) electrons. The zero-order valence-electron chi connectivity index (χ0n) is 19.6. The van der Waals surface area contributed by atoms with Crippen molar-refractivity contribution in [2.24, 2.45) is 17.8 Å². The van der Waals surface area contributed by atoms with Crippen molar-refractivity contribution in [3.63, 3.8) is 0 Å². The molecule has 2 saturated carbocycles. The van der Waals surface area contributed by atoms with Gasteiger partial charge in [0.15, 0.2) is 0 Å². The zero-order chi connectivity index (χ0) is 23.9. The molecule has 11 heteroatoms. The standard InChI is InChI=1S/C24H28N8O3/c1-31(14-7-3-2-4-8-14)24-28-19(27-23(25)29-24)20-26-21(35-30-20)22(33)32-11-16-17(12-32)18(16)13-34-15-9-5-6-10-15/h2-4,7-8,15-18H,5-6,9-13H2,1H3,(H2,25,27,28,29)/t16-,17+,18?. The van der Waals surface area contributed by atoms with E-state index < -0.39 is 0 Å². The molecule has 0 bridgehead atoms. The van der Waals surface area contributed by atoms with Crippen molar-refractivity contribution in [1.82, 2.24) is 30.0 Å². The molecule has 3 atom stereocenters. The number of hydrogen-bond acceptors (Lipinski definition) is 10. The fourth-order valence-corrected chi connectivity index (χ4v) is 5.30. The van der Waals surface area contributed by atoms with Crippen LogP contribution in [0.1, 0.15) is 36.4 Å². The lowest BCUT2D eigenvalue weighted by Crippen LogP contribution is -2.32. The van der Waals surface area contributed by atoms with E-state index in [1.165, 1.54) is 25.7 Å². The minimum Gasteiger partial charge on any atom is -0.378 e. The van der Waals surface area contributed by atoms with Crippen LogP contribution in [0, 0.1) is 17.8 Å². The molecule has 1 aromatic carbocycles. The summed E-state index contributed by atoms with van der Waals surface area (Å²) in [6.07, 6.45) is 5.35. The van der Waals surface area contributed by atoms with Gasteiger partial charge in [0.25, 0.3) is 0 Å². The van der Waals surface area contributed by atoms with Gasteiger partial charge in [-0.15, -0.1) is 0 Å². The van der Waals surface area contributed by atoms with Gasteiger partial charge in [0.05, 0.1) is 12.7 Å². The van der Waals surface area contributed by atoms with Crippen molar-refractivity contribution in [3.8, 4) is 11.6 Å². The number of fused-ring (bicyclic) bond motifs is 1. The molecular weight excluding hydrogens is 448 g/mol. The van der Waals surface area contributed by atoms with E-state index in [4.69, 9.17) is 15.0 Å². The molecule has 3 heterocycles. The Morgan fingerprint density at radius 3 is 2.57 bits per heavy atom. The predicted molar refractivity (Wildman–Crippen MR) is 127 cm³/mol. The molecule has 1 aliphatic heterocycles. The second kappa shape index (κ2) is 8.88. The van der Waals surface area contributed by atoms with E-state index in [2.05, 4.69) is 25.1 Å². The molecule has 1 unspecified atom stereocenters. The third-order valence-corrected chi connectivity index (χ3v) is 7.38. The molecule has 35 heavy (non-hydrogen) atoms. The number of piperidine rings is 1. The average molecular weight is 477 g/mol. The predicted octanol–water partition coefficient (Wildman–Crippen LogP) is 2.55. The third kappa shape index (κ3) is 4.31. The quantitative estimate of drug-likeness (QED) is 0.541. The number of likely N-dealkylation sites (tertiary alicyclic amines) is 1. The Balaban J connectivity index is 1.10. The molecule has 2 N–H and O–H groups in total. The molecular formula is C24H28N8O3. The Bertz CT molecular complexity index is 1200. The van der Waals surface area contributed by atoms with Gasteiger partial charge >= 0.3 is 11.8 Å². The Morgan fingerprint density at radius 1 is 1.09 bits per heavy atom. The summed E-state index contributed by atoms with van der Waals surface area (Å²) >= 11 is 0. The topological polar surface area (TPSA) is 136 Å². The van der Waals surface area contributed by atoms with Gasteiger partial charge in [-0.3, -0.25) is 4.79 Å². The Hall–Kier alpha value is -3.60. The van der Waals surface area contributed by atoms with E-state index in [0.717, 1.165) is 12.3 Å². The summed E-state index contributed by atoms with van der Waals surface area (Å²) in [5.74, 6) is 1.82. The maximum absolute atomic E-state index is 13.0. The number of amides is 1. The number of benzene rings is 1. The van der Waals surface area contributed by atoms with Crippen LogP contribution in [0.4, 0.5) is 17.6 Å². The Kier molecular flexibility index (Phi) is 5.56. The minimum absolute atomic E-state index is 0.0240. The van der Waals surface area contributed by atoms with Crippen LogP contribution in [0.25, 0.3) is 11.6 Å².